The number of halogens is 1. The van der Waals surface area contributed by atoms with Crippen LogP contribution in [0.15, 0.2) is 24.3 Å². The molecule has 0 radical (unpaired) electrons. The molecule has 4 nitrogen and oxygen atoms in total. The number of hydrogen-bond acceptors (Lipinski definition) is 4. The van der Waals surface area contributed by atoms with Crippen molar-refractivity contribution in [2.45, 2.75) is 19.4 Å². The van der Waals surface area contributed by atoms with Crippen molar-refractivity contribution in [3.8, 4) is 0 Å². The third kappa shape index (κ3) is 3.20. The maximum absolute atomic E-state index is 13.6. The largest absolute Gasteiger partial charge is 0.467 e. The molecule has 1 atom stereocenters. The standard InChI is InChI=1S/C13H18FNO3/c1-4-15(9-13(2,17)12(16)18-3)11-8-6-5-7-10(11)14/h5-8,17H,4,9H2,1-3H3. The molecule has 5 heteroatoms. The van der Waals surface area contributed by atoms with Crippen molar-refractivity contribution >= 4 is 11.7 Å². The summed E-state index contributed by atoms with van der Waals surface area (Å²) in [7, 11) is 1.20. The number of benzene rings is 1. The number of rotatable bonds is 5. The Hall–Kier alpha value is -1.62. The molecule has 0 bridgehead atoms. The number of likely N-dealkylation sites (N-methyl/N-ethyl adjacent to an activating group) is 1. The Balaban J connectivity index is 2.93. The van der Waals surface area contributed by atoms with Gasteiger partial charge in [-0.15, -0.1) is 0 Å². The molecule has 1 unspecified atom stereocenters. The van der Waals surface area contributed by atoms with Gasteiger partial charge in [-0.25, -0.2) is 9.18 Å². The number of anilines is 1. The van der Waals surface area contributed by atoms with E-state index in [-0.39, 0.29) is 12.4 Å². The van der Waals surface area contributed by atoms with Crippen molar-refractivity contribution in [3.63, 3.8) is 0 Å². The van der Waals surface area contributed by atoms with Crippen LogP contribution in [0, 0.1) is 5.82 Å². The van der Waals surface area contributed by atoms with Crippen LogP contribution in [0.3, 0.4) is 0 Å². The SMILES string of the molecule is CCN(CC(C)(O)C(=O)OC)c1ccccc1F. The third-order valence-corrected chi connectivity index (χ3v) is 2.70. The smallest absolute Gasteiger partial charge is 0.339 e. The van der Waals surface area contributed by atoms with Crippen LogP contribution in [0.1, 0.15) is 13.8 Å². The molecule has 1 N–H and O–H groups in total. The third-order valence-electron chi connectivity index (χ3n) is 2.70. The predicted molar refractivity (Wildman–Crippen MR) is 66.9 cm³/mol. The van der Waals surface area contributed by atoms with Gasteiger partial charge >= 0.3 is 5.97 Å². The first kappa shape index (κ1) is 14.4. The summed E-state index contributed by atoms with van der Waals surface area (Å²) in [6.45, 7) is 3.60. The highest BCUT2D eigenvalue weighted by Crippen LogP contribution is 2.21. The monoisotopic (exact) mass is 255 g/mol. The molecule has 0 aromatic heterocycles. The highest BCUT2D eigenvalue weighted by molar-refractivity contribution is 5.79. The van der Waals surface area contributed by atoms with Crippen molar-refractivity contribution in [2.24, 2.45) is 0 Å². The number of hydrogen-bond donors (Lipinski definition) is 1. The van der Waals surface area contributed by atoms with Crippen LogP contribution in [0.4, 0.5) is 10.1 Å². The summed E-state index contributed by atoms with van der Waals surface area (Å²) in [6.07, 6.45) is 0. The lowest BCUT2D eigenvalue weighted by Crippen LogP contribution is -2.47. The molecule has 0 aliphatic heterocycles. The van der Waals surface area contributed by atoms with Gasteiger partial charge in [0, 0.05) is 6.54 Å². The first-order chi connectivity index (χ1) is 8.42. The van der Waals surface area contributed by atoms with Crippen molar-refractivity contribution in [3.05, 3.63) is 30.1 Å². The first-order valence-electron chi connectivity index (χ1n) is 5.72. The fourth-order valence-electron chi connectivity index (χ4n) is 1.73. The van der Waals surface area contributed by atoms with Crippen LogP contribution in [-0.4, -0.2) is 36.9 Å². The van der Waals surface area contributed by atoms with Gasteiger partial charge in [0.05, 0.1) is 19.3 Å². The Morgan fingerprint density at radius 3 is 2.61 bits per heavy atom. The summed E-state index contributed by atoms with van der Waals surface area (Å²) in [4.78, 5) is 13.0. The van der Waals surface area contributed by atoms with E-state index in [0.29, 0.717) is 12.2 Å². The Morgan fingerprint density at radius 2 is 2.11 bits per heavy atom. The number of nitrogens with zero attached hydrogens (tertiary/aromatic N) is 1. The van der Waals surface area contributed by atoms with Crippen LogP contribution < -0.4 is 4.90 Å². The molecular formula is C13H18FNO3. The van der Waals surface area contributed by atoms with Crippen molar-refractivity contribution in [1.29, 1.82) is 0 Å². The van der Waals surface area contributed by atoms with Gasteiger partial charge in [0.1, 0.15) is 5.82 Å². The van der Waals surface area contributed by atoms with Crippen molar-refractivity contribution in [1.82, 2.24) is 0 Å². The topological polar surface area (TPSA) is 49.8 Å². The van der Waals surface area contributed by atoms with Gasteiger partial charge in [0.25, 0.3) is 0 Å². The van der Waals surface area contributed by atoms with E-state index in [0.717, 1.165) is 0 Å². The molecule has 18 heavy (non-hydrogen) atoms. The Labute approximate surface area is 106 Å². The highest BCUT2D eigenvalue weighted by atomic mass is 19.1. The molecule has 1 aromatic carbocycles. The summed E-state index contributed by atoms with van der Waals surface area (Å²) < 4.78 is 18.2. The molecule has 0 aliphatic rings. The van der Waals surface area contributed by atoms with E-state index in [1.54, 1.807) is 23.1 Å². The maximum atomic E-state index is 13.6. The van der Waals surface area contributed by atoms with Gasteiger partial charge in [0.2, 0.25) is 0 Å². The molecule has 0 aliphatic carbocycles. The second kappa shape index (κ2) is 5.82. The van der Waals surface area contributed by atoms with E-state index in [1.165, 1.54) is 20.1 Å². The predicted octanol–water partition coefficient (Wildman–Crippen LogP) is 1.58. The normalized spacial score (nSPS) is 13.8. The van der Waals surface area contributed by atoms with Gasteiger partial charge in [0.15, 0.2) is 5.60 Å². The molecule has 100 valence electrons. The van der Waals surface area contributed by atoms with Crippen molar-refractivity contribution in [2.75, 3.05) is 25.1 Å². The molecule has 0 spiro atoms. The molecule has 1 rings (SSSR count). The number of methoxy groups -OCH3 is 1. The zero-order valence-electron chi connectivity index (χ0n) is 10.8. The van der Waals surface area contributed by atoms with Gasteiger partial charge in [-0.1, -0.05) is 12.1 Å². The van der Waals surface area contributed by atoms with Crippen LogP contribution in [-0.2, 0) is 9.53 Å². The lowest BCUT2D eigenvalue weighted by atomic mass is 10.1. The Morgan fingerprint density at radius 1 is 1.50 bits per heavy atom. The number of carbonyl (C=O) groups excluding carboxylic acids is 1. The zero-order chi connectivity index (χ0) is 13.8. The number of aliphatic hydroxyl groups is 1. The minimum Gasteiger partial charge on any atom is -0.467 e. The fourth-order valence-corrected chi connectivity index (χ4v) is 1.73. The lowest BCUT2D eigenvalue weighted by Gasteiger charge is -2.30. The molecule has 0 amide bonds. The molecule has 1 aromatic rings. The summed E-state index contributed by atoms with van der Waals surface area (Å²) in [6, 6.07) is 6.23. The minimum absolute atomic E-state index is 0.0306. The average Bonchev–Trinajstić information content (AvgIpc) is 2.35. The van der Waals surface area contributed by atoms with E-state index >= 15 is 0 Å². The Bertz CT molecular complexity index is 420. The maximum Gasteiger partial charge on any atom is 0.339 e. The van der Waals surface area contributed by atoms with E-state index in [2.05, 4.69) is 4.74 Å². The highest BCUT2D eigenvalue weighted by Gasteiger charge is 2.34. The quantitative estimate of drug-likeness (QED) is 0.811. The summed E-state index contributed by atoms with van der Waals surface area (Å²) in [5.74, 6) is -1.13. The zero-order valence-corrected chi connectivity index (χ0v) is 10.8. The van der Waals surface area contributed by atoms with Crippen LogP contribution in [0.2, 0.25) is 0 Å². The Kier molecular flexibility index (Phi) is 4.67. The van der Waals surface area contributed by atoms with E-state index in [9.17, 15) is 14.3 Å². The summed E-state index contributed by atoms with van der Waals surface area (Å²) >= 11 is 0. The van der Waals surface area contributed by atoms with Crippen LogP contribution >= 0.6 is 0 Å². The summed E-state index contributed by atoms with van der Waals surface area (Å²) in [5.41, 5.74) is -1.32. The van der Waals surface area contributed by atoms with E-state index < -0.39 is 11.6 Å². The molecule has 0 heterocycles. The van der Waals surface area contributed by atoms with Gasteiger partial charge < -0.3 is 14.7 Å². The van der Waals surface area contributed by atoms with E-state index in [4.69, 9.17) is 0 Å². The fraction of sp³-hybridized carbons (Fsp3) is 0.462. The van der Waals surface area contributed by atoms with Gasteiger partial charge in [-0.3, -0.25) is 0 Å². The summed E-state index contributed by atoms with van der Waals surface area (Å²) in [5, 5.41) is 10.00. The molecule has 0 saturated carbocycles. The van der Waals surface area contributed by atoms with Gasteiger partial charge in [-0.05, 0) is 26.0 Å². The van der Waals surface area contributed by atoms with Gasteiger partial charge in [-0.2, -0.15) is 0 Å². The molecule has 0 fully saturated rings. The number of para-hydroxylation sites is 1. The number of carbonyl (C=O) groups is 1. The second-order valence-electron chi connectivity index (χ2n) is 4.23. The second-order valence-corrected chi connectivity index (χ2v) is 4.23. The molecule has 0 saturated heterocycles. The van der Waals surface area contributed by atoms with Crippen molar-refractivity contribution < 1.29 is 19.0 Å². The van der Waals surface area contributed by atoms with Crippen LogP contribution in [0.25, 0.3) is 0 Å². The van der Waals surface area contributed by atoms with Crippen LogP contribution in [0.5, 0.6) is 0 Å². The number of ether oxygens (including phenoxy) is 1. The number of esters is 1. The lowest BCUT2D eigenvalue weighted by molar-refractivity contribution is -0.159. The first-order valence-corrected chi connectivity index (χ1v) is 5.72. The molecular weight excluding hydrogens is 237 g/mol. The average molecular weight is 255 g/mol. The minimum atomic E-state index is -1.67. The van der Waals surface area contributed by atoms with E-state index in [1.807, 2.05) is 6.92 Å².